The maximum Gasteiger partial charge on any atom is 0.335 e. The molecular formula is C40H45N2O23S7+. The zero-order valence-electron chi connectivity index (χ0n) is 37.6. The van der Waals surface area contributed by atoms with E-state index in [-0.39, 0.29) is 70.5 Å². The summed E-state index contributed by atoms with van der Waals surface area (Å²) in [5, 5.41) is 8.04. The van der Waals surface area contributed by atoms with Crippen molar-refractivity contribution in [3.05, 3.63) is 83.1 Å². The predicted molar refractivity (Wildman–Crippen MR) is 257 cm³/mol. The molecule has 0 spiro atoms. The summed E-state index contributed by atoms with van der Waals surface area (Å²) >= 11 is 0. The van der Waals surface area contributed by atoms with E-state index in [0.717, 1.165) is 24.3 Å². The number of carbonyl (C=O) groups is 1. The molecule has 2 heterocycles. The highest BCUT2D eigenvalue weighted by Crippen LogP contribution is 2.55. The van der Waals surface area contributed by atoms with Crippen LogP contribution in [0.3, 0.4) is 0 Å². The fourth-order valence-corrected chi connectivity index (χ4v) is 13.8. The van der Waals surface area contributed by atoms with Crippen molar-refractivity contribution in [2.75, 3.05) is 35.2 Å². The standard InChI is InChI=1S/C40H44N2O23S7/c1-39(2)33(42(14-7-17-68(51,52)53)29-22-31(71(60,61)62)27-18-23(38(43)44)19-32(72(63,64)65)35(27)37(29)39)8-4-9-34-40(3,12-5-15-66(45,46)47)36-26-20-24(69(54,55)56)21-30(70(57,58)59)25(26)10-11-28(36)41(34)13-6-16-67(48,49)50/h4,8-11,18-22H,5-7,12-17H2,1-3H3,(H7-,43,44,45,46,47,48,49,50,51,52,53,54,55,56,57,58,59,60,61,62,63,64,65)/p+1. The van der Waals surface area contributed by atoms with Gasteiger partial charge in [-0.25, -0.2) is 4.79 Å². The van der Waals surface area contributed by atoms with Crippen LogP contribution < -0.4 is 4.90 Å². The maximum absolute atomic E-state index is 13.1. The van der Waals surface area contributed by atoms with Crippen LogP contribution in [0.1, 0.15) is 67.9 Å². The van der Waals surface area contributed by atoms with Crippen molar-refractivity contribution in [2.45, 2.75) is 76.9 Å². The molecule has 72 heavy (non-hydrogen) atoms. The number of carboxylic acid groups (broad SMARTS) is 1. The van der Waals surface area contributed by atoms with Crippen LogP contribution >= 0.6 is 0 Å². The Morgan fingerprint density at radius 1 is 0.611 bits per heavy atom. The third-order valence-corrected chi connectivity index (χ3v) is 18.2. The predicted octanol–water partition coefficient (Wildman–Crippen LogP) is 3.50. The average Bonchev–Trinajstić information content (AvgIpc) is 3.56. The van der Waals surface area contributed by atoms with Crippen molar-refractivity contribution < 1.29 is 105 Å². The van der Waals surface area contributed by atoms with Gasteiger partial charge in [0.05, 0.1) is 33.1 Å². The fourth-order valence-electron chi connectivity index (χ4n) is 9.49. The molecule has 2 aliphatic rings. The van der Waals surface area contributed by atoms with Crippen LogP contribution in [-0.2, 0) is 81.7 Å². The molecule has 0 fully saturated rings. The first kappa shape index (κ1) is 56.5. The quantitative estimate of drug-likeness (QED) is 0.0492. The third-order valence-electron chi connectivity index (χ3n) is 12.3. The second-order valence-corrected chi connectivity index (χ2v) is 27.9. The van der Waals surface area contributed by atoms with E-state index in [2.05, 4.69) is 0 Å². The van der Waals surface area contributed by atoms with Crippen molar-refractivity contribution in [2.24, 2.45) is 0 Å². The van der Waals surface area contributed by atoms with Gasteiger partial charge in [0.2, 0.25) is 5.69 Å². The minimum Gasteiger partial charge on any atom is -0.478 e. The van der Waals surface area contributed by atoms with Crippen LogP contribution in [-0.4, -0.2) is 143 Å². The van der Waals surface area contributed by atoms with Gasteiger partial charge in [-0.05, 0) is 87.4 Å². The van der Waals surface area contributed by atoms with Gasteiger partial charge < -0.3 is 10.0 Å². The van der Waals surface area contributed by atoms with Crippen LogP contribution in [0.2, 0.25) is 0 Å². The number of carboxylic acids is 1. The van der Waals surface area contributed by atoms with Crippen molar-refractivity contribution in [1.29, 1.82) is 0 Å². The molecule has 0 bridgehead atoms. The summed E-state index contributed by atoms with van der Waals surface area (Å²) in [6.07, 6.45) is 2.56. The Hall–Kier alpha value is -4.81. The lowest BCUT2D eigenvalue weighted by atomic mass is 9.75. The van der Waals surface area contributed by atoms with Gasteiger partial charge in [-0.1, -0.05) is 12.1 Å². The van der Waals surface area contributed by atoms with Gasteiger partial charge in [0.15, 0.2) is 5.71 Å². The zero-order chi connectivity index (χ0) is 54.3. The Labute approximate surface area is 413 Å². The second kappa shape index (κ2) is 18.8. The lowest BCUT2D eigenvalue weighted by Crippen LogP contribution is -2.31. The molecule has 0 saturated carbocycles. The molecule has 4 aromatic rings. The number of fused-ring (bicyclic) bond motifs is 6. The van der Waals surface area contributed by atoms with Crippen molar-refractivity contribution in [1.82, 2.24) is 0 Å². The first-order valence-electron chi connectivity index (χ1n) is 20.6. The number of allylic oxidation sites excluding steroid dienone is 4. The molecule has 0 radical (unpaired) electrons. The number of aromatic carboxylic acids is 1. The Morgan fingerprint density at radius 3 is 1.68 bits per heavy atom. The van der Waals surface area contributed by atoms with Crippen molar-refractivity contribution in [3.63, 3.8) is 0 Å². The molecule has 6 rings (SSSR count). The third kappa shape index (κ3) is 11.6. The normalized spacial score (nSPS) is 18.5. The lowest BCUT2D eigenvalue weighted by Gasteiger charge is -2.31. The van der Waals surface area contributed by atoms with Crippen LogP contribution in [0.15, 0.2) is 86.0 Å². The molecule has 0 saturated heterocycles. The summed E-state index contributed by atoms with van der Waals surface area (Å²) in [5.74, 6) is -4.36. The summed E-state index contributed by atoms with van der Waals surface area (Å²) in [6.45, 7) is 3.66. The van der Waals surface area contributed by atoms with Crippen molar-refractivity contribution in [3.8, 4) is 0 Å². The van der Waals surface area contributed by atoms with E-state index in [1.165, 1.54) is 54.5 Å². The molecule has 0 amide bonds. The molecule has 0 aliphatic carbocycles. The monoisotopic (exact) mass is 1150 g/mol. The van der Waals surface area contributed by atoms with Gasteiger partial charge in [-0.15, -0.1) is 0 Å². The summed E-state index contributed by atoms with van der Waals surface area (Å²) in [7, 11) is -35.3. The fraction of sp³-hybridized carbons (Fsp3) is 0.350. The summed E-state index contributed by atoms with van der Waals surface area (Å²) in [4.78, 5) is 9.46. The lowest BCUT2D eigenvalue weighted by molar-refractivity contribution is -0.437. The number of anilines is 1. The van der Waals surface area contributed by atoms with Gasteiger partial charge in [0, 0.05) is 63.6 Å². The maximum atomic E-state index is 13.1. The largest absolute Gasteiger partial charge is 0.478 e. The molecule has 1 atom stereocenters. The Kier molecular flexibility index (Phi) is 14.8. The molecular weight excluding hydrogens is 1100 g/mol. The highest BCUT2D eigenvalue weighted by atomic mass is 32.2. The van der Waals surface area contributed by atoms with E-state index >= 15 is 0 Å². The second-order valence-electron chi connectivity index (χ2n) is 17.6. The topological polar surface area (TPSA) is 424 Å². The number of benzene rings is 4. The van der Waals surface area contributed by atoms with Gasteiger partial charge >= 0.3 is 5.97 Å². The van der Waals surface area contributed by atoms with E-state index in [4.69, 9.17) is 0 Å². The van der Waals surface area contributed by atoms with E-state index in [1.54, 1.807) is 0 Å². The SMILES string of the molecule is CC1(C)C(/C=C/C=C2/N(CCCS(=O)(=O)O)c3ccc4c(S(=O)(=O)O)cc(S(=O)(=O)O)cc4c3C2(C)CCCS(=O)(=O)O)=[N+](CCCS(=O)(=O)O)c2cc(S(=O)(=O)O)c3cc(C(=O)O)cc(S(=O)(=O)O)c3c21. The first-order chi connectivity index (χ1) is 32.6. The van der Waals surface area contributed by atoms with Crippen molar-refractivity contribution >= 4 is 115 Å². The molecule has 4 aromatic carbocycles. The summed E-state index contributed by atoms with van der Waals surface area (Å²) < 4.78 is 246. The van der Waals surface area contributed by atoms with Crippen LogP contribution in [0.5, 0.6) is 0 Å². The Bertz CT molecular complexity index is 3940. The summed E-state index contributed by atoms with van der Waals surface area (Å²) in [6, 6.07) is 5.96. The molecule has 32 heteroatoms. The highest BCUT2D eigenvalue weighted by molar-refractivity contribution is 7.87. The van der Waals surface area contributed by atoms with Gasteiger partial charge in [-0.2, -0.15) is 63.5 Å². The number of hydrogen-bond donors (Lipinski definition) is 8. The molecule has 25 nitrogen and oxygen atoms in total. The molecule has 8 N–H and O–H groups in total. The minimum absolute atomic E-state index is 0.0213. The summed E-state index contributed by atoms with van der Waals surface area (Å²) in [5.41, 5.74) is -4.14. The number of rotatable bonds is 19. The number of hydrogen-bond acceptors (Lipinski definition) is 16. The van der Waals surface area contributed by atoms with Crippen LogP contribution in [0, 0.1) is 0 Å². The Morgan fingerprint density at radius 2 is 1.15 bits per heavy atom. The highest BCUT2D eigenvalue weighted by Gasteiger charge is 2.49. The molecule has 0 aromatic heterocycles. The minimum atomic E-state index is -5.45. The number of nitrogens with zero attached hydrogens (tertiary/aromatic N) is 2. The first-order valence-corrected chi connectivity index (χ1v) is 31.2. The smallest absolute Gasteiger partial charge is 0.335 e. The molecule has 1 unspecified atom stereocenters. The van der Waals surface area contributed by atoms with E-state index in [0.29, 0.717) is 12.1 Å². The Balaban J connectivity index is 1.72. The van der Waals surface area contributed by atoms with Crippen LogP contribution in [0.4, 0.5) is 11.4 Å². The zero-order valence-corrected chi connectivity index (χ0v) is 43.3. The van der Waals surface area contributed by atoms with E-state index in [1.807, 2.05) is 0 Å². The van der Waals surface area contributed by atoms with E-state index < -0.39 is 154 Å². The average molecular weight is 1150 g/mol. The van der Waals surface area contributed by atoms with Gasteiger partial charge in [-0.3, -0.25) is 31.9 Å². The molecule has 2 aliphatic heterocycles. The van der Waals surface area contributed by atoms with Gasteiger partial charge in [0.1, 0.15) is 21.2 Å². The van der Waals surface area contributed by atoms with Gasteiger partial charge in [0.25, 0.3) is 70.8 Å². The molecule has 394 valence electrons. The van der Waals surface area contributed by atoms with E-state index in [9.17, 15) is 101 Å². The van der Waals surface area contributed by atoms with Crippen LogP contribution in [0.25, 0.3) is 21.5 Å².